The SMILES string of the molecule is CCCCc1ccc(Nc2nccn2CCCOC)cc1. The summed E-state index contributed by atoms with van der Waals surface area (Å²) < 4.78 is 7.20. The highest BCUT2D eigenvalue weighted by molar-refractivity contribution is 5.54. The Morgan fingerprint density at radius 2 is 2.00 bits per heavy atom. The molecule has 0 aliphatic heterocycles. The second-order valence-electron chi connectivity index (χ2n) is 5.22. The molecule has 0 radical (unpaired) electrons. The molecule has 0 unspecified atom stereocenters. The smallest absolute Gasteiger partial charge is 0.207 e. The molecule has 1 N–H and O–H groups in total. The van der Waals surface area contributed by atoms with Gasteiger partial charge in [-0.3, -0.25) is 0 Å². The van der Waals surface area contributed by atoms with E-state index < -0.39 is 0 Å². The summed E-state index contributed by atoms with van der Waals surface area (Å²) in [6, 6.07) is 8.63. The molecule has 2 aromatic rings. The lowest BCUT2D eigenvalue weighted by Crippen LogP contribution is -2.05. The van der Waals surface area contributed by atoms with Crippen LogP contribution in [0.25, 0.3) is 0 Å². The van der Waals surface area contributed by atoms with Gasteiger partial charge in [0.25, 0.3) is 0 Å². The molecule has 114 valence electrons. The molecule has 2 rings (SSSR count). The standard InChI is InChI=1S/C17H25N3O/c1-3-4-6-15-7-9-16(10-8-15)19-17-18-11-13-20(17)12-5-14-21-2/h7-11,13H,3-6,12,14H2,1-2H3,(H,18,19). The van der Waals surface area contributed by atoms with Crippen LogP contribution < -0.4 is 5.32 Å². The first kappa shape index (κ1) is 15.6. The molecule has 0 spiro atoms. The number of aryl methyl sites for hydroxylation is 2. The molecule has 1 aromatic heterocycles. The average Bonchev–Trinajstić information content (AvgIpc) is 2.94. The largest absolute Gasteiger partial charge is 0.385 e. The summed E-state index contributed by atoms with van der Waals surface area (Å²) in [6.07, 6.45) is 8.44. The quantitative estimate of drug-likeness (QED) is 0.708. The van der Waals surface area contributed by atoms with E-state index in [1.807, 2.05) is 12.4 Å². The molecule has 0 atom stereocenters. The Morgan fingerprint density at radius 3 is 2.71 bits per heavy atom. The molecule has 4 nitrogen and oxygen atoms in total. The fourth-order valence-corrected chi connectivity index (χ4v) is 2.26. The summed E-state index contributed by atoms with van der Waals surface area (Å²) in [5.41, 5.74) is 2.47. The molecule has 0 bridgehead atoms. The minimum absolute atomic E-state index is 0.768. The highest BCUT2D eigenvalue weighted by Gasteiger charge is 2.03. The van der Waals surface area contributed by atoms with Gasteiger partial charge in [-0.05, 0) is 37.0 Å². The minimum atomic E-state index is 0.768. The van der Waals surface area contributed by atoms with E-state index in [1.165, 1.54) is 18.4 Å². The van der Waals surface area contributed by atoms with Crippen LogP contribution >= 0.6 is 0 Å². The highest BCUT2D eigenvalue weighted by atomic mass is 16.5. The van der Waals surface area contributed by atoms with Gasteiger partial charge in [0.1, 0.15) is 0 Å². The van der Waals surface area contributed by atoms with Gasteiger partial charge < -0.3 is 14.6 Å². The Bertz CT molecular complexity index is 519. The van der Waals surface area contributed by atoms with E-state index in [0.29, 0.717) is 0 Å². The second-order valence-corrected chi connectivity index (χ2v) is 5.22. The highest BCUT2D eigenvalue weighted by Crippen LogP contribution is 2.17. The molecule has 0 aliphatic rings. The lowest BCUT2D eigenvalue weighted by molar-refractivity contribution is 0.190. The van der Waals surface area contributed by atoms with Crippen LogP contribution in [0.4, 0.5) is 11.6 Å². The molecule has 21 heavy (non-hydrogen) atoms. The number of rotatable bonds is 9. The molecule has 0 amide bonds. The van der Waals surface area contributed by atoms with Gasteiger partial charge in [-0.2, -0.15) is 0 Å². The molecule has 1 aromatic carbocycles. The second kappa shape index (κ2) is 8.47. The number of hydrogen-bond acceptors (Lipinski definition) is 3. The number of nitrogens with zero attached hydrogens (tertiary/aromatic N) is 2. The third-order valence-corrected chi connectivity index (χ3v) is 3.49. The zero-order valence-electron chi connectivity index (χ0n) is 13.0. The Morgan fingerprint density at radius 1 is 1.19 bits per heavy atom. The first-order chi connectivity index (χ1) is 10.3. The first-order valence-electron chi connectivity index (χ1n) is 7.69. The van der Waals surface area contributed by atoms with E-state index in [2.05, 4.69) is 46.1 Å². The Balaban J connectivity index is 1.93. The summed E-state index contributed by atoms with van der Waals surface area (Å²) >= 11 is 0. The zero-order chi connectivity index (χ0) is 14.9. The van der Waals surface area contributed by atoms with E-state index in [1.54, 1.807) is 7.11 Å². The Kier molecular flexibility index (Phi) is 6.28. The molecular formula is C17H25N3O. The van der Waals surface area contributed by atoms with Crippen molar-refractivity contribution in [3.8, 4) is 0 Å². The third-order valence-electron chi connectivity index (χ3n) is 3.49. The normalized spacial score (nSPS) is 10.8. The van der Waals surface area contributed by atoms with Crippen molar-refractivity contribution in [3.63, 3.8) is 0 Å². The molecule has 0 saturated carbocycles. The number of anilines is 2. The van der Waals surface area contributed by atoms with Crippen molar-refractivity contribution in [1.29, 1.82) is 0 Å². The maximum Gasteiger partial charge on any atom is 0.207 e. The molecule has 1 heterocycles. The summed E-state index contributed by atoms with van der Waals surface area (Å²) in [5.74, 6) is 0.882. The molecule has 4 heteroatoms. The number of methoxy groups -OCH3 is 1. The van der Waals surface area contributed by atoms with Crippen molar-refractivity contribution in [1.82, 2.24) is 9.55 Å². The summed E-state index contributed by atoms with van der Waals surface area (Å²) in [6.45, 7) is 3.90. The number of nitrogens with one attached hydrogen (secondary N) is 1. The number of benzene rings is 1. The number of hydrogen-bond donors (Lipinski definition) is 1. The van der Waals surface area contributed by atoms with Crippen molar-refractivity contribution in [2.24, 2.45) is 0 Å². The third kappa shape index (κ3) is 4.90. The van der Waals surface area contributed by atoms with Gasteiger partial charge in [-0.1, -0.05) is 25.5 Å². The van der Waals surface area contributed by atoms with E-state index in [0.717, 1.165) is 37.6 Å². The van der Waals surface area contributed by atoms with E-state index in [4.69, 9.17) is 4.74 Å². The molecule has 0 fully saturated rings. The molecule has 0 saturated heterocycles. The van der Waals surface area contributed by atoms with Crippen molar-refractivity contribution >= 4 is 11.6 Å². The number of unbranched alkanes of at least 4 members (excludes halogenated alkanes) is 1. The van der Waals surface area contributed by atoms with Crippen LogP contribution in [0.2, 0.25) is 0 Å². The van der Waals surface area contributed by atoms with Crippen molar-refractivity contribution in [3.05, 3.63) is 42.2 Å². The lowest BCUT2D eigenvalue weighted by atomic mass is 10.1. The van der Waals surface area contributed by atoms with Crippen LogP contribution in [-0.4, -0.2) is 23.3 Å². The number of imidazole rings is 1. The summed E-state index contributed by atoms with van der Waals surface area (Å²) in [5, 5.41) is 3.37. The monoisotopic (exact) mass is 287 g/mol. The van der Waals surface area contributed by atoms with E-state index in [-0.39, 0.29) is 0 Å². The molecular weight excluding hydrogens is 262 g/mol. The first-order valence-corrected chi connectivity index (χ1v) is 7.69. The minimum Gasteiger partial charge on any atom is -0.385 e. The lowest BCUT2D eigenvalue weighted by Gasteiger charge is -2.10. The molecule has 0 aliphatic carbocycles. The Labute approximate surface area is 127 Å². The fourth-order valence-electron chi connectivity index (χ4n) is 2.26. The fraction of sp³-hybridized carbons (Fsp3) is 0.471. The predicted molar refractivity (Wildman–Crippen MR) is 87.1 cm³/mol. The van der Waals surface area contributed by atoms with Gasteiger partial charge in [0.2, 0.25) is 5.95 Å². The van der Waals surface area contributed by atoms with Gasteiger partial charge in [-0.15, -0.1) is 0 Å². The van der Waals surface area contributed by atoms with Gasteiger partial charge in [0.15, 0.2) is 0 Å². The van der Waals surface area contributed by atoms with E-state index in [9.17, 15) is 0 Å². The van der Waals surface area contributed by atoms with Gasteiger partial charge in [-0.25, -0.2) is 4.98 Å². The number of aromatic nitrogens is 2. The van der Waals surface area contributed by atoms with Gasteiger partial charge >= 0.3 is 0 Å². The maximum absolute atomic E-state index is 5.09. The van der Waals surface area contributed by atoms with Crippen molar-refractivity contribution in [2.45, 2.75) is 39.2 Å². The van der Waals surface area contributed by atoms with Crippen LogP contribution in [0.3, 0.4) is 0 Å². The van der Waals surface area contributed by atoms with Crippen LogP contribution in [0.15, 0.2) is 36.7 Å². The van der Waals surface area contributed by atoms with Crippen LogP contribution in [0.5, 0.6) is 0 Å². The zero-order valence-corrected chi connectivity index (χ0v) is 13.0. The van der Waals surface area contributed by atoms with Gasteiger partial charge in [0, 0.05) is 38.3 Å². The summed E-state index contributed by atoms with van der Waals surface area (Å²) in [7, 11) is 1.73. The average molecular weight is 287 g/mol. The van der Waals surface area contributed by atoms with Crippen LogP contribution in [0.1, 0.15) is 31.7 Å². The summed E-state index contributed by atoms with van der Waals surface area (Å²) in [4.78, 5) is 4.37. The van der Waals surface area contributed by atoms with Crippen LogP contribution in [-0.2, 0) is 17.7 Å². The Hall–Kier alpha value is -1.81. The van der Waals surface area contributed by atoms with Crippen LogP contribution in [0, 0.1) is 0 Å². The number of ether oxygens (including phenoxy) is 1. The van der Waals surface area contributed by atoms with Crippen molar-refractivity contribution < 1.29 is 4.74 Å². The van der Waals surface area contributed by atoms with E-state index >= 15 is 0 Å². The van der Waals surface area contributed by atoms with Crippen molar-refractivity contribution in [2.75, 3.05) is 19.0 Å². The maximum atomic E-state index is 5.09. The predicted octanol–water partition coefficient (Wildman–Crippen LogP) is 4.01. The van der Waals surface area contributed by atoms with Gasteiger partial charge in [0.05, 0.1) is 0 Å². The topological polar surface area (TPSA) is 39.1 Å².